The van der Waals surface area contributed by atoms with Crippen LogP contribution in [0.3, 0.4) is 0 Å². The highest BCUT2D eigenvalue weighted by Gasteiger charge is 2.30. The van der Waals surface area contributed by atoms with Gasteiger partial charge in [-0.05, 0) is 17.7 Å². The molecular weight excluding hydrogens is 266 g/mol. The molecule has 1 aliphatic rings. The topological polar surface area (TPSA) is 67.6 Å². The van der Waals surface area contributed by atoms with Crippen LogP contribution in [0, 0.1) is 0 Å². The highest BCUT2D eigenvalue weighted by atomic mass is 16.5. The summed E-state index contributed by atoms with van der Waals surface area (Å²) in [5.74, 6) is 5.61. The number of amides is 1. The summed E-state index contributed by atoms with van der Waals surface area (Å²) in [6.07, 6.45) is -0.603. The molecule has 5 heteroatoms. The first-order chi connectivity index (χ1) is 10.3. The van der Waals surface area contributed by atoms with Crippen molar-refractivity contribution in [3.63, 3.8) is 0 Å². The summed E-state index contributed by atoms with van der Waals surface area (Å²) in [5.41, 5.74) is 4.33. The quantitative estimate of drug-likeness (QED) is 0.508. The van der Waals surface area contributed by atoms with E-state index in [1.807, 2.05) is 42.5 Å². The van der Waals surface area contributed by atoms with Crippen LogP contribution in [-0.4, -0.2) is 18.6 Å². The van der Waals surface area contributed by atoms with Crippen LogP contribution in [-0.2, 0) is 11.3 Å². The Morgan fingerprint density at radius 1 is 1.19 bits per heavy atom. The molecule has 108 valence electrons. The lowest BCUT2D eigenvalue weighted by Crippen LogP contribution is -2.50. The number of hydrogen-bond acceptors (Lipinski definition) is 4. The maximum absolute atomic E-state index is 11.8. The second-order valence-corrected chi connectivity index (χ2v) is 4.95. The van der Waals surface area contributed by atoms with Crippen LogP contribution in [0.15, 0.2) is 54.6 Å². The van der Waals surface area contributed by atoms with Crippen LogP contribution in [0.5, 0.6) is 5.75 Å². The van der Waals surface area contributed by atoms with Gasteiger partial charge in [0.15, 0.2) is 6.10 Å². The van der Waals surface area contributed by atoms with Gasteiger partial charge in [-0.2, -0.15) is 0 Å². The standard InChI is InChI=1S/C16H17N3O2/c17-18-16(20)15-11-19(10-12-6-2-1-3-7-12)13-8-4-5-9-14(13)21-15/h1-9,15H,10-11,17H2,(H,18,20)/t15-/m0/s1. The Hall–Kier alpha value is -2.53. The number of nitrogens with one attached hydrogen (secondary N) is 1. The summed E-state index contributed by atoms with van der Waals surface area (Å²) < 4.78 is 5.72. The number of para-hydroxylation sites is 2. The van der Waals surface area contributed by atoms with Crippen molar-refractivity contribution in [3.8, 4) is 5.75 Å². The van der Waals surface area contributed by atoms with E-state index in [4.69, 9.17) is 10.6 Å². The molecule has 0 radical (unpaired) electrons. The van der Waals surface area contributed by atoms with Gasteiger partial charge in [0.25, 0.3) is 5.91 Å². The summed E-state index contributed by atoms with van der Waals surface area (Å²) in [4.78, 5) is 13.9. The fraction of sp³-hybridized carbons (Fsp3) is 0.188. The predicted molar refractivity (Wildman–Crippen MR) is 80.7 cm³/mol. The van der Waals surface area contributed by atoms with E-state index in [1.165, 1.54) is 5.56 Å². The van der Waals surface area contributed by atoms with Gasteiger partial charge >= 0.3 is 0 Å². The maximum atomic E-state index is 11.8. The van der Waals surface area contributed by atoms with Crippen LogP contribution < -0.4 is 20.9 Å². The summed E-state index contributed by atoms with van der Waals surface area (Å²) in [6.45, 7) is 1.19. The van der Waals surface area contributed by atoms with Crippen molar-refractivity contribution in [2.24, 2.45) is 5.84 Å². The summed E-state index contributed by atoms with van der Waals surface area (Å²) in [6, 6.07) is 17.8. The number of rotatable bonds is 3. The third-order valence-electron chi connectivity index (χ3n) is 3.51. The van der Waals surface area contributed by atoms with E-state index < -0.39 is 6.10 Å². The zero-order valence-corrected chi connectivity index (χ0v) is 11.5. The molecule has 1 heterocycles. The molecular formula is C16H17N3O2. The number of hydrazine groups is 1. The smallest absolute Gasteiger partial charge is 0.276 e. The van der Waals surface area contributed by atoms with E-state index in [9.17, 15) is 4.79 Å². The molecule has 0 saturated heterocycles. The van der Waals surface area contributed by atoms with Crippen molar-refractivity contribution >= 4 is 11.6 Å². The number of fused-ring (bicyclic) bond motifs is 1. The lowest BCUT2D eigenvalue weighted by atomic mass is 10.1. The van der Waals surface area contributed by atoms with Gasteiger partial charge in [0.1, 0.15) is 5.75 Å². The number of carbonyl (C=O) groups is 1. The van der Waals surface area contributed by atoms with Crippen molar-refractivity contribution in [2.45, 2.75) is 12.6 Å². The molecule has 3 rings (SSSR count). The minimum absolute atomic E-state index is 0.317. The summed E-state index contributed by atoms with van der Waals surface area (Å²) in [5, 5.41) is 0. The molecule has 1 atom stereocenters. The van der Waals surface area contributed by atoms with Crippen LogP contribution >= 0.6 is 0 Å². The molecule has 2 aromatic carbocycles. The zero-order valence-electron chi connectivity index (χ0n) is 11.5. The van der Waals surface area contributed by atoms with Crippen molar-refractivity contribution < 1.29 is 9.53 Å². The number of carbonyl (C=O) groups excluding carboxylic acids is 1. The number of nitrogens with two attached hydrogens (primary N) is 1. The monoisotopic (exact) mass is 283 g/mol. The van der Waals surface area contributed by atoms with Gasteiger partial charge in [0.2, 0.25) is 0 Å². The van der Waals surface area contributed by atoms with Gasteiger partial charge in [0.05, 0.1) is 12.2 Å². The Bertz CT molecular complexity index is 630. The van der Waals surface area contributed by atoms with Crippen LogP contribution in [0.2, 0.25) is 0 Å². The summed E-state index contributed by atoms with van der Waals surface area (Å²) >= 11 is 0. The fourth-order valence-electron chi connectivity index (χ4n) is 2.49. The van der Waals surface area contributed by atoms with Crippen molar-refractivity contribution in [1.82, 2.24) is 5.43 Å². The molecule has 0 fully saturated rings. The molecule has 5 nitrogen and oxygen atoms in total. The van der Waals surface area contributed by atoms with E-state index >= 15 is 0 Å². The molecule has 1 aliphatic heterocycles. The van der Waals surface area contributed by atoms with E-state index in [0.717, 1.165) is 12.2 Å². The average molecular weight is 283 g/mol. The number of ether oxygens (including phenoxy) is 1. The molecule has 0 aliphatic carbocycles. The van der Waals surface area contributed by atoms with Crippen molar-refractivity contribution in [1.29, 1.82) is 0 Å². The first-order valence-electron chi connectivity index (χ1n) is 6.83. The van der Waals surface area contributed by atoms with Crippen molar-refractivity contribution in [3.05, 3.63) is 60.2 Å². The van der Waals surface area contributed by atoms with Crippen LogP contribution in [0.25, 0.3) is 0 Å². The molecule has 0 aromatic heterocycles. The van der Waals surface area contributed by atoms with E-state index in [1.54, 1.807) is 0 Å². The normalized spacial score (nSPS) is 16.8. The number of anilines is 1. The zero-order chi connectivity index (χ0) is 14.7. The molecule has 1 amide bonds. The predicted octanol–water partition coefficient (Wildman–Crippen LogP) is 1.44. The van der Waals surface area contributed by atoms with Crippen molar-refractivity contribution in [2.75, 3.05) is 11.4 Å². The van der Waals surface area contributed by atoms with Gasteiger partial charge < -0.3 is 9.64 Å². The Morgan fingerprint density at radius 2 is 1.90 bits per heavy atom. The Balaban J connectivity index is 1.89. The first kappa shape index (κ1) is 13.5. The third kappa shape index (κ3) is 2.83. The Kier molecular flexibility index (Phi) is 3.75. The highest BCUT2D eigenvalue weighted by molar-refractivity contribution is 5.82. The second-order valence-electron chi connectivity index (χ2n) is 4.95. The number of benzene rings is 2. The lowest BCUT2D eigenvalue weighted by molar-refractivity contribution is -0.127. The molecule has 21 heavy (non-hydrogen) atoms. The van der Waals surface area contributed by atoms with E-state index in [2.05, 4.69) is 22.5 Å². The van der Waals surface area contributed by atoms with Gasteiger partial charge in [0, 0.05) is 6.54 Å². The minimum atomic E-state index is -0.603. The number of nitrogens with zero attached hydrogens (tertiary/aromatic N) is 1. The average Bonchev–Trinajstić information content (AvgIpc) is 2.55. The first-order valence-corrected chi connectivity index (χ1v) is 6.83. The fourth-order valence-corrected chi connectivity index (χ4v) is 2.49. The molecule has 0 unspecified atom stereocenters. The molecule has 0 bridgehead atoms. The Morgan fingerprint density at radius 3 is 2.67 bits per heavy atom. The summed E-state index contributed by atoms with van der Waals surface area (Å²) in [7, 11) is 0. The largest absolute Gasteiger partial charge is 0.476 e. The maximum Gasteiger partial charge on any atom is 0.276 e. The minimum Gasteiger partial charge on any atom is -0.476 e. The molecule has 0 spiro atoms. The second kappa shape index (κ2) is 5.85. The number of hydrogen-bond donors (Lipinski definition) is 2. The van der Waals surface area contributed by atoms with Crippen LogP contribution in [0.4, 0.5) is 5.69 Å². The molecule has 3 N–H and O–H groups in total. The molecule has 0 saturated carbocycles. The highest BCUT2D eigenvalue weighted by Crippen LogP contribution is 2.33. The van der Waals surface area contributed by atoms with Crippen LogP contribution in [0.1, 0.15) is 5.56 Å². The van der Waals surface area contributed by atoms with E-state index in [0.29, 0.717) is 12.3 Å². The SMILES string of the molecule is NNC(=O)[C@@H]1CN(Cc2ccccc2)c2ccccc2O1. The van der Waals surface area contributed by atoms with Gasteiger partial charge in [-0.25, -0.2) is 5.84 Å². The van der Waals surface area contributed by atoms with E-state index in [-0.39, 0.29) is 5.91 Å². The molecule has 2 aromatic rings. The van der Waals surface area contributed by atoms with Gasteiger partial charge in [-0.3, -0.25) is 10.2 Å². The van der Waals surface area contributed by atoms with Gasteiger partial charge in [-0.15, -0.1) is 0 Å². The van der Waals surface area contributed by atoms with Gasteiger partial charge in [-0.1, -0.05) is 42.5 Å². The third-order valence-corrected chi connectivity index (χ3v) is 3.51. The lowest BCUT2D eigenvalue weighted by Gasteiger charge is -2.35. The Labute approximate surface area is 123 Å².